The molecule has 0 aliphatic carbocycles. The fourth-order valence-corrected chi connectivity index (χ4v) is 0.921. The maximum atomic E-state index is 10.1. The number of nitriles is 1. The standard InChI is InChI=1S/C11H7NO.Y/c12-7-2-5-10-3-1-4-11(9-10)6-8-13;/h1-3,5,9H,6H2;/q-2;/b5-2-;/i2D;. The van der Waals surface area contributed by atoms with Gasteiger partial charge in [-0.2, -0.15) is 35.1 Å². The number of nitrogens with zero attached hydrogens (tertiary/aromatic N) is 1. The van der Waals surface area contributed by atoms with Crippen LogP contribution in [-0.4, -0.2) is 6.29 Å². The topological polar surface area (TPSA) is 40.9 Å². The van der Waals surface area contributed by atoms with Crippen LogP contribution in [0.25, 0.3) is 6.08 Å². The third-order valence-electron chi connectivity index (χ3n) is 1.45. The van der Waals surface area contributed by atoms with E-state index >= 15 is 0 Å². The zero-order chi connectivity index (χ0) is 10.4. The van der Waals surface area contributed by atoms with Crippen molar-refractivity contribution in [3.8, 4) is 6.07 Å². The second kappa shape index (κ2) is 7.61. The van der Waals surface area contributed by atoms with E-state index in [0.717, 1.165) is 5.56 Å². The van der Waals surface area contributed by atoms with Gasteiger partial charge in [-0.05, 0) is 0 Å². The molecule has 2 nitrogen and oxygen atoms in total. The van der Waals surface area contributed by atoms with E-state index in [1.54, 1.807) is 30.6 Å². The van der Waals surface area contributed by atoms with E-state index in [9.17, 15) is 4.79 Å². The predicted molar refractivity (Wildman–Crippen MR) is 49.3 cm³/mol. The van der Waals surface area contributed by atoms with Crippen LogP contribution in [0.3, 0.4) is 0 Å². The van der Waals surface area contributed by atoms with Crippen molar-refractivity contribution in [2.24, 2.45) is 0 Å². The van der Waals surface area contributed by atoms with Gasteiger partial charge in [-0.15, -0.1) is 12.0 Å². The minimum Gasteiger partial charge on any atom is -0.542 e. The monoisotopic (exact) mass is 259 g/mol. The van der Waals surface area contributed by atoms with Crippen LogP contribution >= 0.6 is 0 Å². The second-order valence-corrected chi connectivity index (χ2v) is 2.37. The zero-order valence-corrected chi connectivity index (χ0v) is 10.3. The van der Waals surface area contributed by atoms with Crippen LogP contribution in [-0.2, 0) is 43.9 Å². The number of hydrogen-bond donors (Lipinski definition) is 0. The SMILES string of the molecule is [2H]/C(C#N)=C/c1cc[c-]c(C[C-]=O)c1.[Y]. The van der Waals surface area contributed by atoms with Crippen LogP contribution in [0.4, 0.5) is 0 Å². The summed E-state index contributed by atoms with van der Waals surface area (Å²) in [6, 6.07) is 9.54. The largest absolute Gasteiger partial charge is 0.542 e. The molecule has 0 amide bonds. The molecule has 0 bridgehead atoms. The fraction of sp³-hybridized carbons (Fsp3) is 0.0909. The van der Waals surface area contributed by atoms with Gasteiger partial charge in [-0.1, -0.05) is 6.08 Å². The molecule has 0 aliphatic heterocycles. The van der Waals surface area contributed by atoms with E-state index < -0.39 is 0 Å². The van der Waals surface area contributed by atoms with Gasteiger partial charge in [0.2, 0.25) is 0 Å². The van der Waals surface area contributed by atoms with Crippen LogP contribution in [0.2, 0.25) is 0 Å². The van der Waals surface area contributed by atoms with Crippen LogP contribution < -0.4 is 0 Å². The average molecular weight is 259 g/mol. The molecular formula is C11H7NOY-2. The fourth-order valence-electron chi connectivity index (χ4n) is 0.921. The quantitative estimate of drug-likeness (QED) is 0.612. The van der Waals surface area contributed by atoms with Gasteiger partial charge in [0.05, 0.1) is 7.44 Å². The number of rotatable bonds is 3. The van der Waals surface area contributed by atoms with Crippen LogP contribution in [0.5, 0.6) is 0 Å². The van der Waals surface area contributed by atoms with Crippen molar-refractivity contribution in [2.75, 3.05) is 0 Å². The first-order valence-corrected chi connectivity index (χ1v) is 3.70. The van der Waals surface area contributed by atoms with Crippen molar-refractivity contribution < 1.29 is 38.9 Å². The average Bonchev–Trinajstić information content (AvgIpc) is 2.19. The third kappa shape index (κ3) is 4.46. The first kappa shape index (κ1) is 11.3. The predicted octanol–water partition coefficient (Wildman–Crippen LogP) is 1.67. The van der Waals surface area contributed by atoms with Crippen molar-refractivity contribution in [1.29, 1.82) is 5.26 Å². The molecule has 3 heteroatoms. The van der Waals surface area contributed by atoms with Crippen molar-refractivity contribution in [3.05, 3.63) is 41.4 Å². The van der Waals surface area contributed by atoms with Gasteiger partial charge in [-0.25, -0.2) is 0 Å². The van der Waals surface area contributed by atoms with E-state index in [2.05, 4.69) is 6.07 Å². The summed E-state index contributed by atoms with van der Waals surface area (Å²) >= 11 is 0. The molecule has 0 aliphatic rings. The van der Waals surface area contributed by atoms with Crippen molar-refractivity contribution in [1.82, 2.24) is 0 Å². The molecule has 0 spiro atoms. The zero-order valence-electron chi connectivity index (χ0n) is 8.45. The Morgan fingerprint density at radius 2 is 2.57 bits per heavy atom. The molecule has 0 fully saturated rings. The first-order chi connectivity index (χ1) is 6.76. The van der Waals surface area contributed by atoms with Gasteiger partial charge in [0.15, 0.2) is 0 Å². The Morgan fingerprint density at radius 3 is 3.21 bits per heavy atom. The van der Waals surface area contributed by atoms with Crippen LogP contribution in [0.1, 0.15) is 12.5 Å². The van der Waals surface area contributed by atoms with Gasteiger partial charge < -0.3 is 4.79 Å². The van der Waals surface area contributed by atoms with Crippen LogP contribution in [0.15, 0.2) is 24.3 Å². The van der Waals surface area contributed by atoms with E-state index in [-0.39, 0.29) is 45.2 Å². The Bertz CT molecular complexity index is 409. The van der Waals surface area contributed by atoms with Crippen molar-refractivity contribution in [2.45, 2.75) is 6.42 Å². The maximum Gasteiger partial charge on any atom is 0.0911 e. The molecule has 0 saturated heterocycles. The Hall–Kier alpha value is -0.776. The van der Waals surface area contributed by atoms with E-state index in [0.29, 0.717) is 5.56 Å². The molecule has 14 heavy (non-hydrogen) atoms. The normalized spacial score (nSPS) is 10.8. The van der Waals surface area contributed by atoms with Gasteiger partial charge in [0.25, 0.3) is 0 Å². The molecular weight excluding hydrogens is 251 g/mol. The smallest absolute Gasteiger partial charge is 0.0911 e. The molecule has 1 aromatic rings. The Balaban J connectivity index is 0.00000196. The molecule has 0 unspecified atom stereocenters. The van der Waals surface area contributed by atoms with Gasteiger partial charge in [-0.3, -0.25) is 6.29 Å². The summed E-state index contributed by atoms with van der Waals surface area (Å²) in [6.07, 6.45) is 3.38. The third-order valence-corrected chi connectivity index (χ3v) is 1.45. The molecule has 0 heterocycles. The summed E-state index contributed by atoms with van der Waals surface area (Å²) in [5, 5.41) is 8.39. The molecule has 1 rings (SSSR count). The molecule has 0 aromatic heterocycles. The first-order valence-electron chi connectivity index (χ1n) is 4.20. The molecule has 1 aromatic carbocycles. The second-order valence-electron chi connectivity index (χ2n) is 2.37. The number of hydrogen-bond acceptors (Lipinski definition) is 2. The van der Waals surface area contributed by atoms with E-state index in [4.69, 9.17) is 6.63 Å². The summed E-state index contributed by atoms with van der Waals surface area (Å²) < 4.78 is 7.14. The molecule has 0 atom stereocenters. The van der Waals surface area contributed by atoms with E-state index in [1.165, 1.54) is 6.08 Å². The molecule has 67 valence electrons. The molecule has 0 saturated carbocycles. The number of carbonyl (C=O) groups excluding carboxylic acids is 1. The van der Waals surface area contributed by atoms with E-state index in [1.807, 2.05) is 0 Å². The summed E-state index contributed by atoms with van der Waals surface area (Å²) in [6.45, 7) is 0. The maximum absolute atomic E-state index is 10.1. The summed E-state index contributed by atoms with van der Waals surface area (Å²) in [4.78, 5) is 10.1. The van der Waals surface area contributed by atoms with Crippen LogP contribution in [0, 0.1) is 17.4 Å². The van der Waals surface area contributed by atoms with Gasteiger partial charge >= 0.3 is 0 Å². The molecule has 1 radical (unpaired) electrons. The van der Waals surface area contributed by atoms with Crippen molar-refractivity contribution >= 4 is 12.4 Å². The Kier molecular flexibility index (Phi) is 6.14. The van der Waals surface area contributed by atoms with Gasteiger partial charge in [0.1, 0.15) is 0 Å². The number of benzene rings is 1. The van der Waals surface area contributed by atoms with Gasteiger partial charge in [0, 0.05) is 38.8 Å². The Morgan fingerprint density at radius 1 is 1.79 bits per heavy atom. The summed E-state index contributed by atoms with van der Waals surface area (Å²) in [5.74, 6) is 0. The minimum atomic E-state index is -0.114. The minimum absolute atomic E-state index is 0. The number of allylic oxidation sites excluding steroid dienone is 1. The Labute approximate surface area is 110 Å². The molecule has 0 N–H and O–H groups in total. The van der Waals surface area contributed by atoms with Crippen molar-refractivity contribution in [3.63, 3.8) is 0 Å². The summed E-state index contributed by atoms with van der Waals surface area (Å²) in [5.41, 5.74) is 1.43. The summed E-state index contributed by atoms with van der Waals surface area (Å²) in [7, 11) is 0.